The third-order valence-electron chi connectivity index (χ3n) is 5.05. The zero-order chi connectivity index (χ0) is 20.4. The van der Waals surface area contributed by atoms with Crippen LogP contribution in [0.2, 0.25) is 0 Å². The molecular formula is C22H21N3O4. The minimum absolute atomic E-state index is 0.0523. The molecule has 0 spiro atoms. The van der Waals surface area contributed by atoms with Crippen LogP contribution in [-0.4, -0.2) is 37.8 Å². The van der Waals surface area contributed by atoms with E-state index in [9.17, 15) is 14.7 Å². The van der Waals surface area contributed by atoms with Crippen molar-refractivity contribution in [1.29, 1.82) is 0 Å². The van der Waals surface area contributed by atoms with Crippen LogP contribution in [0.25, 0.3) is 5.76 Å². The van der Waals surface area contributed by atoms with Gasteiger partial charge in [-0.3, -0.25) is 9.59 Å². The van der Waals surface area contributed by atoms with Crippen molar-refractivity contribution in [3.05, 3.63) is 83.8 Å². The number of aromatic nitrogens is 2. The van der Waals surface area contributed by atoms with E-state index in [1.165, 1.54) is 11.2 Å². The van der Waals surface area contributed by atoms with Crippen molar-refractivity contribution in [2.24, 2.45) is 0 Å². The monoisotopic (exact) mass is 391 g/mol. The molecule has 148 valence electrons. The van der Waals surface area contributed by atoms with Crippen LogP contribution < -0.4 is 0 Å². The Morgan fingerprint density at radius 2 is 1.97 bits per heavy atom. The molecule has 3 aromatic rings. The van der Waals surface area contributed by atoms with Crippen molar-refractivity contribution in [1.82, 2.24) is 14.5 Å². The molecule has 1 amide bonds. The number of nitrogens with zero attached hydrogens (tertiary/aromatic N) is 3. The molecule has 3 heterocycles. The second kappa shape index (κ2) is 7.79. The third kappa shape index (κ3) is 3.59. The smallest absolute Gasteiger partial charge is 0.295 e. The van der Waals surface area contributed by atoms with E-state index in [1.54, 1.807) is 36.8 Å². The number of furan rings is 1. The Labute approximate surface area is 167 Å². The molecule has 0 aliphatic carbocycles. The summed E-state index contributed by atoms with van der Waals surface area (Å²) < 4.78 is 7.43. The Bertz CT molecular complexity index is 1030. The van der Waals surface area contributed by atoms with Gasteiger partial charge in [-0.15, -0.1) is 0 Å². The first-order chi connectivity index (χ1) is 14.1. The maximum atomic E-state index is 12.8. The predicted molar refractivity (Wildman–Crippen MR) is 106 cm³/mol. The van der Waals surface area contributed by atoms with E-state index in [2.05, 4.69) is 4.98 Å². The Morgan fingerprint density at radius 1 is 1.17 bits per heavy atom. The van der Waals surface area contributed by atoms with Crippen molar-refractivity contribution in [3.8, 4) is 0 Å². The molecule has 29 heavy (non-hydrogen) atoms. The first-order valence-electron chi connectivity index (χ1n) is 9.41. The zero-order valence-corrected chi connectivity index (χ0v) is 16.0. The lowest BCUT2D eigenvalue weighted by Crippen LogP contribution is -2.31. The van der Waals surface area contributed by atoms with Crippen molar-refractivity contribution in [3.63, 3.8) is 0 Å². The Morgan fingerprint density at radius 3 is 2.62 bits per heavy atom. The number of rotatable bonds is 6. The van der Waals surface area contributed by atoms with E-state index >= 15 is 0 Å². The van der Waals surface area contributed by atoms with Gasteiger partial charge < -0.3 is 19.0 Å². The number of aliphatic hydroxyl groups is 1. The molecule has 1 fully saturated rings. The summed E-state index contributed by atoms with van der Waals surface area (Å²) in [6, 6.07) is 9.81. The molecule has 0 radical (unpaired) electrons. The summed E-state index contributed by atoms with van der Waals surface area (Å²) in [7, 11) is 0. The SMILES string of the molecule is Cc1ccc(/C(O)=C2\C(=O)C(=O)N(CCCn3ccnc3)[C@@H]2c2ccco2)cc1. The molecule has 2 aromatic heterocycles. The average Bonchev–Trinajstić information content (AvgIpc) is 3.46. The van der Waals surface area contributed by atoms with E-state index < -0.39 is 17.7 Å². The number of carbonyl (C=O) groups excluding carboxylic acids is 2. The number of imidazole rings is 1. The summed E-state index contributed by atoms with van der Waals surface area (Å²) in [6.07, 6.45) is 7.36. The number of hydrogen-bond acceptors (Lipinski definition) is 5. The van der Waals surface area contributed by atoms with Gasteiger partial charge in [0.15, 0.2) is 0 Å². The number of hydrogen-bond donors (Lipinski definition) is 1. The van der Waals surface area contributed by atoms with Crippen LogP contribution in [0.4, 0.5) is 0 Å². The third-order valence-corrected chi connectivity index (χ3v) is 5.05. The molecule has 0 unspecified atom stereocenters. The van der Waals surface area contributed by atoms with E-state index in [1.807, 2.05) is 29.8 Å². The minimum atomic E-state index is -0.755. The number of benzene rings is 1. The van der Waals surface area contributed by atoms with Gasteiger partial charge in [-0.25, -0.2) is 4.98 Å². The van der Waals surface area contributed by atoms with Crippen LogP contribution in [0.5, 0.6) is 0 Å². The predicted octanol–water partition coefficient (Wildman–Crippen LogP) is 3.30. The molecule has 1 aromatic carbocycles. The number of carbonyl (C=O) groups is 2. The summed E-state index contributed by atoms with van der Waals surface area (Å²) >= 11 is 0. The van der Waals surface area contributed by atoms with Crippen LogP contribution in [-0.2, 0) is 16.1 Å². The topological polar surface area (TPSA) is 88.6 Å². The molecule has 7 heteroatoms. The number of aryl methyl sites for hydroxylation is 2. The quantitative estimate of drug-likeness (QED) is 0.396. The van der Waals surface area contributed by atoms with Gasteiger partial charge in [-0.05, 0) is 25.5 Å². The van der Waals surface area contributed by atoms with Gasteiger partial charge in [0.05, 0.1) is 18.2 Å². The summed E-state index contributed by atoms with van der Waals surface area (Å²) in [5.41, 5.74) is 1.57. The molecular weight excluding hydrogens is 370 g/mol. The fourth-order valence-electron chi connectivity index (χ4n) is 3.56. The van der Waals surface area contributed by atoms with Crippen LogP contribution in [0.3, 0.4) is 0 Å². The van der Waals surface area contributed by atoms with E-state index in [0.29, 0.717) is 30.8 Å². The van der Waals surface area contributed by atoms with Gasteiger partial charge in [0, 0.05) is 31.0 Å². The number of likely N-dealkylation sites (tertiary alicyclic amines) is 1. The van der Waals surface area contributed by atoms with Gasteiger partial charge in [0.1, 0.15) is 17.6 Å². The maximum Gasteiger partial charge on any atom is 0.295 e. The molecule has 1 aliphatic rings. The average molecular weight is 391 g/mol. The van der Waals surface area contributed by atoms with E-state index in [-0.39, 0.29) is 11.3 Å². The van der Waals surface area contributed by atoms with Crippen molar-refractivity contribution < 1.29 is 19.1 Å². The van der Waals surface area contributed by atoms with Gasteiger partial charge in [-0.2, -0.15) is 0 Å². The van der Waals surface area contributed by atoms with Crippen molar-refractivity contribution >= 4 is 17.4 Å². The van der Waals surface area contributed by atoms with Crippen molar-refractivity contribution in [2.45, 2.75) is 25.9 Å². The standard InChI is InChI=1S/C22H21N3O4/c1-15-5-7-16(8-6-15)20(26)18-19(17-4-2-13-29-17)25(22(28)21(18)27)11-3-10-24-12-9-23-14-24/h2,4-9,12-14,19,26H,3,10-11H2,1H3/b20-18+/t19-/m1/s1. The Balaban J connectivity index is 1.68. The number of amides is 1. The molecule has 0 bridgehead atoms. The Hall–Kier alpha value is -3.61. The molecule has 1 saturated heterocycles. The minimum Gasteiger partial charge on any atom is -0.507 e. The Kier molecular flexibility index (Phi) is 5.03. The molecule has 1 aliphatic heterocycles. The highest BCUT2D eigenvalue weighted by Crippen LogP contribution is 2.39. The second-order valence-corrected chi connectivity index (χ2v) is 7.03. The van der Waals surface area contributed by atoms with E-state index in [0.717, 1.165) is 5.56 Å². The fourth-order valence-corrected chi connectivity index (χ4v) is 3.56. The molecule has 1 N–H and O–H groups in total. The second-order valence-electron chi connectivity index (χ2n) is 7.03. The summed E-state index contributed by atoms with van der Waals surface area (Å²) in [6.45, 7) is 2.94. The molecule has 4 rings (SSSR count). The van der Waals surface area contributed by atoms with Crippen LogP contribution in [0.1, 0.15) is 29.3 Å². The first-order valence-corrected chi connectivity index (χ1v) is 9.41. The van der Waals surface area contributed by atoms with E-state index in [4.69, 9.17) is 4.42 Å². The molecule has 0 saturated carbocycles. The molecule has 1 atom stereocenters. The van der Waals surface area contributed by atoms with Crippen LogP contribution in [0.15, 0.2) is 71.4 Å². The normalized spacial score (nSPS) is 18.5. The van der Waals surface area contributed by atoms with Crippen LogP contribution in [0, 0.1) is 6.92 Å². The first kappa shape index (κ1) is 18.7. The molecule has 7 nitrogen and oxygen atoms in total. The van der Waals surface area contributed by atoms with Gasteiger partial charge >= 0.3 is 0 Å². The van der Waals surface area contributed by atoms with Gasteiger partial charge in [-0.1, -0.05) is 29.8 Å². The lowest BCUT2D eigenvalue weighted by Gasteiger charge is -2.23. The largest absolute Gasteiger partial charge is 0.507 e. The summed E-state index contributed by atoms with van der Waals surface area (Å²) in [5, 5.41) is 10.9. The maximum absolute atomic E-state index is 12.8. The number of Topliss-reactive ketones (excluding diaryl/α,β-unsaturated/α-hetero) is 1. The van der Waals surface area contributed by atoms with Gasteiger partial charge in [0.2, 0.25) is 0 Å². The summed E-state index contributed by atoms with van der Waals surface area (Å²) in [4.78, 5) is 31.1. The highest BCUT2D eigenvalue weighted by Gasteiger charge is 2.47. The summed E-state index contributed by atoms with van der Waals surface area (Å²) in [5.74, 6) is -1.08. The highest BCUT2D eigenvalue weighted by molar-refractivity contribution is 6.46. The number of ketones is 1. The van der Waals surface area contributed by atoms with Crippen LogP contribution >= 0.6 is 0 Å². The highest BCUT2D eigenvalue weighted by atomic mass is 16.3. The van der Waals surface area contributed by atoms with Gasteiger partial charge in [0.25, 0.3) is 11.7 Å². The zero-order valence-electron chi connectivity index (χ0n) is 16.0. The number of aliphatic hydroxyl groups excluding tert-OH is 1. The lowest BCUT2D eigenvalue weighted by atomic mass is 9.99. The van der Waals surface area contributed by atoms with Crippen molar-refractivity contribution in [2.75, 3.05) is 6.54 Å². The fraction of sp³-hybridized carbons (Fsp3) is 0.227. The lowest BCUT2D eigenvalue weighted by molar-refractivity contribution is -0.140.